The van der Waals surface area contributed by atoms with Gasteiger partial charge in [-0.25, -0.2) is 4.39 Å². The molecule has 146 valence electrons. The fourth-order valence-corrected chi connectivity index (χ4v) is 4.35. The molecule has 2 aliphatic heterocycles. The number of anilines is 1. The van der Waals surface area contributed by atoms with Crippen molar-refractivity contribution in [2.24, 2.45) is 0 Å². The van der Waals surface area contributed by atoms with Crippen molar-refractivity contribution in [2.45, 2.75) is 31.4 Å². The maximum Gasteiger partial charge on any atom is 0.129 e. The molecule has 2 heterocycles. The number of ether oxygens (including phenoxy) is 2. The quantitative estimate of drug-likeness (QED) is 0.747. The molecule has 0 bridgehead atoms. The first-order valence-electron chi connectivity index (χ1n) is 9.40. The predicted octanol–water partition coefficient (Wildman–Crippen LogP) is 1.18. The predicted molar refractivity (Wildman–Crippen MR) is 105 cm³/mol. The van der Waals surface area contributed by atoms with Crippen LogP contribution in [0.5, 0.6) is 0 Å². The van der Waals surface area contributed by atoms with Gasteiger partial charge in [0.25, 0.3) is 0 Å². The van der Waals surface area contributed by atoms with E-state index in [9.17, 15) is 9.50 Å². The zero-order chi connectivity index (χ0) is 18.5. The number of nitrogens with zero attached hydrogens (tertiary/aromatic N) is 2. The highest BCUT2D eigenvalue weighted by Crippen LogP contribution is 2.23. The summed E-state index contributed by atoms with van der Waals surface area (Å²) in [5.74, 6) is -0.153. The lowest BCUT2D eigenvalue weighted by Gasteiger charge is -2.38. The summed E-state index contributed by atoms with van der Waals surface area (Å²) in [6.07, 6.45) is 2.71. The summed E-state index contributed by atoms with van der Waals surface area (Å²) in [7, 11) is 4.41. The zero-order valence-corrected chi connectivity index (χ0v) is 16.6. The molecule has 0 saturated carbocycles. The molecule has 2 saturated heterocycles. The van der Waals surface area contributed by atoms with Gasteiger partial charge in [-0.1, -0.05) is 0 Å². The fraction of sp³-hybridized carbons (Fsp3) is 0.684. The van der Waals surface area contributed by atoms with Crippen molar-refractivity contribution in [3.8, 4) is 0 Å². The van der Waals surface area contributed by atoms with Crippen molar-refractivity contribution in [2.75, 3.05) is 58.0 Å². The summed E-state index contributed by atoms with van der Waals surface area (Å²) in [6.45, 7) is 4.63. The largest absolute Gasteiger partial charge is 0.395 e. The van der Waals surface area contributed by atoms with E-state index < -0.39 is 0 Å². The smallest absolute Gasteiger partial charge is 0.129 e. The summed E-state index contributed by atoms with van der Waals surface area (Å²) in [5, 5.41) is 10.5. The van der Waals surface area contributed by atoms with Crippen LogP contribution in [-0.4, -0.2) is 75.3 Å². The number of aliphatic hydroxyl groups is 1. The van der Waals surface area contributed by atoms with E-state index in [4.69, 9.17) is 9.47 Å². The average Bonchev–Trinajstić information content (AvgIpc) is 2.67. The Bertz CT molecular complexity index is 575. The van der Waals surface area contributed by atoms with Crippen LogP contribution in [0.3, 0.4) is 0 Å². The number of benzene rings is 1. The molecular weight excluding hydrogens is 354 g/mol. The number of rotatable bonds is 6. The molecule has 5 nitrogen and oxygen atoms in total. The van der Waals surface area contributed by atoms with Crippen LogP contribution in [0.25, 0.3) is 0 Å². The number of morpholine rings is 1. The number of aliphatic hydroxyl groups excluding tert-OH is 1. The molecule has 3 rings (SSSR count). The molecule has 0 radical (unpaired) electrons. The number of piperidine rings is 1. The van der Waals surface area contributed by atoms with E-state index >= 15 is 0 Å². The van der Waals surface area contributed by atoms with Crippen LogP contribution in [0.4, 0.5) is 10.1 Å². The second kappa shape index (κ2) is 9.43. The summed E-state index contributed by atoms with van der Waals surface area (Å²) >= 11 is 0. The van der Waals surface area contributed by atoms with E-state index in [1.807, 2.05) is 6.07 Å². The molecule has 2 aliphatic rings. The van der Waals surface area contributed by atoms with Crippen LogP contribution >= 0.6 is 9.24 Å². The SMILES string of the molecule is CO[C@@H]1CC[C@H](CO)N(CCc2c(F)cc(N3CCOCC3)cc2P)C1. The maximum absolute atomic E-state index is 14.8. The standard InChI is InChI=1S/C19H30FN2O3P/c1-24-16-3-2-14(13-23)22(12-16)5-4-17-18(20)10-15(11-19(17)26)21-6-8-25-9-7-21/h10-11,14,16,23H,2-9,12-13,26H2,1H3/t14-,16-/m1/s1. The molecule has 0 aromatic heterocycles. The van der Waals surface area contributed by atoms with Crippen molar-refractivity contribution in [3.63, 3.8) is 0 Å². The van der Waals surface area contributed by atoms with Crippen molar-refractivity contribution >= 4 is 20.2 Å². The molecule has 3 atom stereocenters. The maximum atomic E-state index is 14.8. The molecule has 0 spiro atoms. The van der Waals surface area contributed by atoms with Crippen LogP contribution in [0, 0.1) is 5.82 Å². The van der Waals surface area contributed by atoms with Crippen LogP contribution < -0.4 is 10.2 Å². The van der Waals surface area contributed by atoms with E-state index in [0.29, 0.717) is 19.6 Å². The van der Waals surface area contributed by atoms with Gasteiger partial charge in [-0.3, -0.25) is 4.90 Å². The second-order valence-electron chi connectivity index (χ2n) is 7.11. The Balaban J connectivity index is 1.67. The Morgan fingerprint density at radius 3 is 2.73 bits per heavy atom. The normalized spacial score (nSPS) is 24.8. The minimum Gasteiger partial charge on any atom is -0.395 e. The zero-order valence-electron chi connectivity index (χ0n) is 15.5. The van der Waals surface area contributed by atoms with E-state index in [0.717, 1.165) is 55.6 Å². The molecule has 0 amide bonds. The number of likely N-dealkylation sites (tertiary alicyclic amines) is 1. The highest BCUT2D eigenvalue weighted by atomic mass is 31.0. The van der Waals surface area contributed by atoms with Gasteiger partial charge in [0.05, 0.1) is 25.9 Å². The van der Waals surface area contributed by atoms with Gasteiger partial charge in [0.2, 0.25) is 0 Å². The molecule has 1 unspecified atom stereocenters. The second-order valence-corrected chi connectivity index (χ2v) is 7.73. The van der Waals surface area contributed by atoms with Crippen molar-refractivity contribution in [1.29, 1.82) is 0 Å². The van der Waals surface area contributed by atoms with E-state index in [1.165, 1.54) is 0 Å². The third-order valence-corrected chi connectivity index (χ3v) is 6.08. The Morgan fingerprint density at radius 1 is 1.31 bits per heavy atom. The highest BCUT2D eigenvalue weighted by Gasteiger charge is 2.28. The lowest BCUT2D eigenvalue weighted by molar-refractivity contribution is -0.00877. The monoisotopic (exact) mass is 384 g/mol. The van der Waals surface area contributed by atoms with Gasteiger partial charge in [-0.15, -0.1) is 9.24 Å². The Labute approximate surface area is 157 Å². The first-order chi connectivity index (χ1) is 12.6. The molecule has 1 aromatic rings. The first kappa shape index (κ1) is 20.0. The van der Waals surface area contributed by atoms with Gasteiger partial charge in [-0.2, -0.15) is 0 Å². The Kier molecular flexibility index (Phi) is 7.24. The molecule has 1 aromatic carbocycles. The van der Waals surface area contributed by atoms with Crippen LogP contribution in [-0.2, 0) is 15.9 Å². The first-order valence-corrected chi connectivity index (χ1v) is 9.98. The average molecular weight is 384 g/mol. The van der Waals surface area contributed by atoms with Crippen molar-refractivity contribution < 1.29 is 19.0 Å². The van der Waals surface area contributed by atoms with Gasteiger partial charge in [0.15, 0.2) is 0 Å². The molecule has 1 N–H and O–H groups in total. The highest BCUT2D eigenvalue weighted by molar-refractivity contribution is 7.27. The van der Waals surface area contributed by atoms with Crippen LogP contribution in [0.15, 0.2) is 12.1 Å². The minimum atomic E-state index is -0.153. The summed E-state index contributed by atoms with van der Waals surface area (Å²) in [4.78, 5) is 4.40. The van der Waals surface area contributed by atoms with Gasteiger partial charge in [-0.05, 0) is 42.3 Å². The topological polar surface area (TPSA) is 45.2 Å². The number of halogens is 1. The summed E-state index contributed by atoms with van der Waals surface area (Å²) in [5.41, 5.74) is 1.66. The summed E-state index contributed by atoms with van der Waals surface area (Å²) < 4.78 is 25.6. The van der Waals surface area contributed by atoms with E-state index in [1.54, 1.807) is 13.2 Å². The molecular formula is C19H30FN2O3P. The molecule has 0 aliphatic carbocycles. The van der Waals surface area contributed by atoms with Crippen LogP contribution in [0.1, 0.15) is 18.4 Å². The minimum absolute atomic E-state index is 0.141. The van der Waals surface area contributed by atoms with E-state index in [-0.39, 0.29) is 24.6 Å². The van der Waals surface area contributed by atoms with Gasteiger partial charge >= 0.3 is 0 Å². The van der Waals surface area contributed by atoms with Gasteiger partial charge < -0.3 is 19.5 Å². The Hall–Kier alpha value is -0.780. The van der Waals surface area contributed by atoms with Gasteiger partial charge in [0.1, 0.15) is 5.82 Å². The lowest BCUT2D eigenvalue weighted by atomic mass is 9.99. The number of hydrogen-bond acceptors (Lipinski definition) is 5. The lowest BCUT2D eigenvalue weighted by Crippen LogP contribution is -2.48. The summed E-state index contributed by atoms with van der Waals surface area (Å²) in [6, 6.07) is 3.84. The Morgan fingerprint density at radius 2 is 2.08 bits per heavy atom. The fourth-order valence-electron chi connectivity index (χ4n) is 3.90. The van der Waals surface area contributed by atoms with Crippen molar-refractivity contribution in [3.05, 3.63) is 23.5 Å². The van der Waals surface area contributed by atoms with E-state index in [2.05, 4.69) is 19.0 Å². The van der Waals surface area contributed by atoms with Crippen LogP contribution in [0.2, 0.25) is 0 Å². The van der Waals surface area contributed by atoms with Crippen molar-refractivity contribution in [1.82, 2.24) is 4.90 Å². The molecule has 7 heteroatoms. The third-order valence-electron chi connectivity index (χ3n) is 5.56. The third kappa shape index (κ3) is 4.73. The molecule has 2 fully saturated rings. The molecule has 26 heavy (non-hydrogen) atoms. The number of hydrogen-bond donors (Lipinski definition) is 1. The number of methoxy groups -OCH3 is 1. The van der Waals surface area contributed by atoms with Gasteiger partial charge in [0, 0.05) is 45.0 Å².